The summed E-state index contributed by atoms with van der Waals surface area (Å²) in [6.45, 7) is 2.03. The van der Waals surface area contributed by atoms with Crippen LogP contribution in [0, 0.1) is 11.3 Å². The van der Waals surface area contributed by atoms with Crippen LogP contribution in [0.15, 0.2) is 40.8 Å². The fraction of sp³-hybridized carbons (Fsp3) is 0.381. The highest BCUT2D eigenvalue weighted by atomic mass is 16.5. The Balaban J connectivity index is 1.47. The summed E-state index contributed by atoms with van der Waals surface area (Å²) in [6, 6.07) is 12.4. The van der Waals surface area contributed by atoms with E-state index in [4.69, 9.17) is 14.4 Å². The number of hydrogen-bond donors (Lipinski definition) is 2. The highest BCUT2D eigenvalue weighted by molar-refractivity contribution is 5.91. The van der Waals surface area contributed by atoms with Crippen LogP contribution in [0.2, 0.25) is 0 Å². The summed E-state index contributed by atoms with van der Waals surface area (Å²) in [4.78, 5) is 26.0. The molecule has 1 aliphatic heterocycles. The van der Waals surface area contributed by atoms with E-state index in [1.807, 2.05) is 0 Å². The summed E-state index contributed by atoms with van der Waals surface area (Å²) in [7, 11) is 1.63. The minimum atomic E-state index is -0.265. The number of nitrogens with zero attached hydrogens (tertiary/aromatic N) is 2. The van der Waals surface area contributed by atoms with Crippen molar-refractivity contribution in [2.24, 2.45) is 0 Å². The SMILES string of the molecule is CNC(=O)CN1CCC(NC(=O)c2ccc(COc3ccccc3C#N)o2)CC1. The third kappa shape index (κ3) is 5.59. The Bertz CT molecular complexity index is 894. The van der Waals surface area contributed by atoms with Crippen molar-refractivity contribution in [2.75, 3.05) is 26.7 Å². The van der Waals surface area contributed by atoms with Gasteiger partial charge in [0, 0.05) is 26.2 Å². The van der Waals surface area contributed by atoms with Crippen LogP contribution in [0.3, 0.4) is 0 Å². The van der Waals surface area contributed by atoms with E-state index >= 15 is 0 Å². The Morgan fingerprint density at radius 2 is 2.00 bits per heavy atom. The molecule has 1 aliphatic rings. The monoisotopic (exact) mass is 396 g/mol. The number of nitriles is 1. The number of likely N-dealkylation sites (tertiary alicyclic amines) is 1. The second kappa shape index (κ2) is 9.75. The average Bonchev–Trinajstić information content (AvgIpc) is 3.23. The molecule has 8 nitrogen and oxygen atoms in total. The average molecular weight is 396 g/mol. The van der Waals surface area contributed by atoms with Gasteiger partial charge in [0.2, 0.25) is 5.91 Å². The molecule has 8 heteroatoms. The van der Waals surface area contributed by atoms with Gasteiger partial charge in [-0.25, -0.2) is 0 Å². The maximum atomic E-state index is 12.4. The van der Waals surface area contributed by atoms with Gasteiger partial charge in [0.1, 0.15) is 24.2 Å². The van der Waals surface area contributed by atoms with Gasteiger partial charge < -0.3 is 19.8 Å². The molecule has 2 heterocycles. The topological polar surface area (TPSA) is 108 Å². The summed E-state index contributed by atoms with van der Waals surface area (Å²) < 4.78 is 11.2. The molecule has 29 heavy (non-hydrogen) atoms. The zero-order valence-electron chi connectivity index (χ0n) is 16.3. The lowest BCUT2D eigenvalue weighted by atomic mass is 10.0. The minimum absolute atomic E-state index is 0.00443. The molecule has 152 valence electrons. The van der Waals surface area contributed by atoms with Crippen LogP contribution >= 0.6 is 0 Å². The molecule has 2 amide bonds. The van der Waals surface area contributed by atoms with Crippen LogP contribution in [0.1, 0.15) is 34.7 Å². The molecule has 0 bridgehead atoms. The Labute approximate surface area is 169 Å². The number of carbonyl (C=O) groups excluding carboxylic acids is 2. The lowest BCUT2D eigenvalue weighted by molar-refractivity contribution is -0.122. The van der Waals surface area contributed by atoms with Crippen molar-refractivity contribution in [1.29, 1.82) is 5.26 Å². The van der Waals surface area contributed by atoms with Gasteiger partial charge in [-0.05, 0) is 37.1 Å². The zero-order chi connectivity index (χ0) is 20.6. The van der Waals surface area contributed by atoms with Gasteiger partial charge in [0.15, 0.2) is 5.76 Å². The first-order valence-corrected chi connectivity index (χ1v) is 9.53. The zero-order valence-corrected chi connectivity index (χ0v) is 16.3. The van der Waals surface area contributed by atoms with E-state index in [-0.39, 0.29) is 30.2 Å². The Kier molecular flexibility index (Phi) is 6.87. The predicted octanol–water partition coefficient (Wildman–Crippen LogP) is 1.67. The first-order chi connectivity index (χ1) is 14.1. The van der Waals surface area contributed by atoms with Crippen LogP contribution in [0.5, 0.6) is 5.75 Å². The van der Waals surface area contributed by atoms with Gasteiger partial charge in [0.05, 0.1) is 12.1 Å². The molecule has 1 saturated heterocycles. The van der Waals surface area contributed by atoms with Crippen molar-refractivity contribution < 1.29 is 18.7 Å². The van der Waals surface area contributed by atoms with E-state index in [2.05, 4.69) is 21.6 Å². The van der Waals surface area contributed by atoms with Crippen LogP contribution in [-0.2, 0) is 11.4 Å². The van der Waals surface area contributed by atoms with Crippen molar-refractivity contribution in [3.05, 3.63) is 53.5 Å². The molecule has 0 saturated carbocycles. The van der Waals surface area contributed by atoms with E-state index in [9.17, 15) is 9.59 Å². The molecule has 0 aliphatic carbocycles. The van der Waals surface area contributed by atoms with Gasteiger partial charge in [-0.2, -0.15) is 5.26 Å². The molecule has 0 atom stereocenters. The van der Waals surface area contributed by atoms with E-state index in [1.54, 1.807) is 43.4 Å². The Morgan fingerprint density at radius 3 is 2.72 bits per heavy atom. The number of benzene rings is 1. The molecular weight excluding hydrogens is 372 g/mol. The summed E-state index contributed by atoms with van der Waals surface area (Å²) >= 11 is 0. The van der Waals surface area contributed by atoms with Gasteiger partial charge in [-0.3, -0.25) is 14.5 Å². The molecule has 0 spiro atoms. The summed E-state index contributed by atoms with van der Waals surface area (Å²) in [5.41, 5.74) is 0.444. The van der Waals surface area contributed by atoms with Gasteiger partial charge >= 0.3 is 0 Å². The molecule has 1 aromatic heterocycles. The largest absolute Gasteiger partial charge is 0.484 e. The normalized spacial score (nSPS) is 14.8. The van der Waals surface area contributed by atoms with Gasteiger partial charge in [-0.1, -0.05) is 12.1 Å². The van der Waals surface area contributed by atoms with Crippen molar-refractivity contribution in [3.8, 4) is 11.8 Å². The third-order valence-electron chi connectivity index (χ3n) is 4.83. The van der Waals surface area contributed by atoms with Gasteiger partial charge in [0.25, 0.3) is 5.91 Å². The van der Waals surface area contributed by atoms with Crippen molar-refractivity contribution >= 4 is 11.8 Å². The number of likely N-dealkylation sites (N-methyl/N-ethyl adjacent to an activating group) is 1. The maximum absolute atomic E-state index is 12.4. The van der Waals surface area contributed by atoms with Crippen LogP contribution in [-0.4, -0.2) is 49.4 Å². The fourth-order valence-electron chi connectivity index (χ4n) is 3.19. The number of furan rings is 1. The number of rotatable bonds is 7. The van der Waals surface area contributed by atoms with Crippen LogP contribution in [0.25, 0.3) is 0 Å². The molecular formula is C21H24N4O4. The predicted molar refractivity (Wildman–Crippen MR) is 105 cm³/mol. The number of amides is 2. The van der Waals surface area contributed by atoms with Crippen LogP contribution < -0.4 is 15.4 Å². The summed E-state index contributed by atoms with van der Waals surface area (Å²) in [5, 5.41) is 14.7. The number of para-hydroxylation sites is 1. The van der Waals surface area contributed by atoms with Crippen molar-refractivity contribution in [1.82, 2.24) is 15.5 Å². The molecule has 0 unspecified atom stereocenters. The first-order valence-electron chi connectivity index (χ1n) is 9.53. The van der Waals surface area contributed by atoms with E-state index < -0.39 is 0 Å². The smallest absolute Gasteiger partial charge is 0.287 e. The van der Waals surface area contributed by atoms with Crippen molar-refractivity contribution in [2.45, 2.75) is 25.5 Å². The number of carbonyl (C=O) groups is 2. The van der Waals surface area contributed by atoms with E-state index in [0.29, 0.717) is 23.6 Å². The minimum Gasteiger partial charge on any atom is -0.484 e. The molecule has 2 N–H and O–H groups in total. The number of piperidine rings is 1. The van der Waals surface area contributed by atoms with E-state index in [1.165, 1.54) is 0 Å². The fourth-order valence-corrected chi connectivity index (χ4v) is 3.19. The lowest BCUT2D eigenvalue weighted by Crippen LogP contribution is -2.47. The van der Waals surface area contributed by atoms with Gasteiger partial charge in [-0.15, -0.1) is 0 Å². The highest BCUT2D eigenvalue weighted by Crippen LogP contribution is 2.19. The first kappa shape index (κ1) is 20.4. The molecule has 2 aromatic rings. The Morgan fingerprint density at radius 1 is 1.24 bits per heavy atom. The van der Waals surface area contributed by atoms with Crippen molar-refractivity contribution in [3.63, 3.8) is 0 Å². The number of ether oxygens (including phenoxy) is 1. The van der Waals surface area contributed by atoms with E-state index in [0.717, 1.165) is 25.9 Å². The molecule has 0 radical (unpaired) electrons. The standard InChI is InChI=1S/C21H24N4O4/c1-23-20(26)13-25-10-8-16(9-11-25)24-21(27)19-7-6-17(29-19)14-28-18-5-3-2-4-15(18)12-22/h2-7,16H,8-11,13-14H2,1H3,(H,23,26)(H,24,27). The second-order valence-electron chi connectivity index (χ2n) is 6.86. The Hall–Kier alpha value is -3.31. The molecule has 1 fully saturated rings. The second-order valence-corrected chi connectivity index (χ2v) is 6.86. The molecule has 1 aromatic carbocycles. The quantitative estimate of drug-likeness (QED) is 0.737. The van der Waals surface area contributed by atoms with Crippen LogP contribution in [0.4, 0.5) is 0 Å². The number of hydrogen-bond acceptors (Lipinski definition) is 6. The maximum Gasteiger partial charge on any atom is 0.287 e. The number of nitrogens with one attached hydrogen (secondary N) is 2. The third-order valence-corrected chi connectivity index (χ3v) is 4.83. The summed E-state index contributed by atoms with van der Waals surface area (Å²) in [5.74, 6) is 0.933. The summed E-state index contributed by atoms with van der Waals surface area (Å²) in [6.07, 6.45) is 1.56. The lowest BCUT2D eigenvalue weighted by Gasteiger charge is -2.31. The molecule has 3 rings (SSSR count). The highest BCUT2D eigenvalue weighted by Gasteiger charge is 2.23.